The van der Waals surface area contributed by atoms with Crippen molar-refractivity contribution in [1.82, 2.24) is 15.2 Å². The van der Waals surface area contributed by atoms with Gasteiger partial charge in [0.15, 0.2) is 0 Å². The Labute approximate surface area is 150 Å². The van der Waals surface area contributed by atoms with Gasteiger partial charge in [0.1, 0.15) is 5.01 Å². The lowest BCUT2D eigenvalue weighted by Crippen LogP contribution is -2.23. The topological polar surface area (TPSA) is 67.8 Å². The molecular weight excluding hydrogens is 332 g/mol. The molecule has 0 fully saturated rings. The molecule has 1 unspecified atom stereocenters. The monoisotopic (exact) mass is 350 g/mol. The first-order valence-electron chi connectivity index (χ1n) is 8.25. The molecule has 2 heterocycles. The van der Waals surface area contributed by atoms with E-state index in [-0.39, 0.29) is 11.8 Å². The number of fused-ring (bicyclic) bond motifs is 1. The maximum atomic E-state index is 12.5. The molecule has 2 aromatic heterocycles. The number of anilines is 1. The minimum atomic E-state index is -0.0849. The quantitative estimate of drug-likeness (QED) is 0.784. The van der Waals surface area contributed by atoms with Gasteiger partial charge in [-0.1, -0.05) is 41.2 Å². The Balaban J connectivity index is 1.47. The van der Waals surface area contributed by atoms with Crippen molar-refractivity contribution < 1.29 is 4.79 Å². The van der Waals surface area contributed by atoms with Gasteiger partial charge in [-0.05, 0) is 37.5 Å². The van der Waals surface area contributed by atoms with E-state index in [0.717, 1.165) is 33.8 Å². The summed E-state index contributed by atoms with van der Waals surface area (Å²) < 4.78 is 0. The molecule has 0 bridgehead atoms. The number of pyridine rings is 1. The zero-order valence-electron chi connectivity index (χ0n) is 14.1. The molecule has 1 N–H and O–H groups in total. The summed E-state index contributed by atoms with van der Waals surface area (Å²) in [6.45, 7) is 4.13. The third kappa shape index (κ3) is 3.17. The third-order valence-corrected chi connectivity index (χ3v) is 5.40. The lowest BCUT2D eigenvalue weighted by Gasteiger charge is -2.07. The summed E-state index contributed by atoms with van der Waals surface area (Å²) in [6, 6.07) is 10.2. The predicted octanol–water partition coefficient (Wildman–Crippen LogP) is 3.57. The summed E-state index contributed by atoms with van der Waals surface area (Å²) >= 11 is 1.41. The molecule has 0 aliphatic heterocycles. The van der Waals surface area contributed by atoms with Crippen LogP contribution in [0.3, 0.4) is 0 Å². The molecule has 0 saturated carbocycles. The van der Waals surface area contributed by atoms with E-state index in [2.05, 4.69) is 52.5 Å². The largest absolute Gasteiger partial charge is 0.300 e. The number of nitrogens with one attached hydrogen (secondary N) is 1. The molecular formula is C19H18N4OS. The van der Waals surface area contributed by atoms with Gasteiger partial charge < -0.3 is 5.32 Å². The van der Waals surface area contributed by atoms with Crippen LogP contribution >= 0.6 is 11.3 Å². The lowest BCUT2D eigenvalue weighted by atomic mass is 10.1. The highest BCUT2D eigenvalue weighted by atomic mass is 32.1. The molecule has 1 aliphatic rings. The van der Waals surface area contributed by atoms with Crippen LogP contribution in [0.4, 0.5) is 5.13 Å². The second-order valence-corrected chi connectivity index (χ2v) is 7.41. The Morgan fingerprint density at radius 2 is 2.08 bits per heavy atom. The second kappa shape index (κ2) is 6.37. The van der Waals surface area contributed by atoms with Gasteiger partial charge in [0, 0.05) is 29.8 Å². The van der Waals surface area contributed by atoms with Crippen LogP contribution in [-0.2, 0) is 17.6 Å². The second-order valence-electron chi connectivity index (χ2n) is 6.43. The zero-order chi connectivity index (χ0) is 17.4. The number of carbonyl (C=O) groups excluding carboxylic acids is 1. The average Bonchev–Trinajstić information content (AvgIpc) is 3.21. The molecule has 1 amide bonds. The number of hydrogen-bond donors (Lipinski definition) is 1. The molecule has 0 radical (unpaired) electrons. The molecule has 1 aromatic carbocycles. The molecule has 126 valence electrons. The average molecular weight is 350 g/mol. The van der Waals surface area contributed by atoms with Gasteiger partial charge in [0.2, 0.25) is 11.0 Å². The molecule has 0 saturated heterocycles. The van der Waals surface area contributed by atoms with Crippen molar-refractivity contribution in [2.24, 2.45) is 5.92 Å². The fourth-order valence-corrected chi connectivity index (χ4v) is 4.08. The van der Waals surface area contributed by atoms with Gasteiger partial charge in [-0.15, -0.1) is 10.2 Å². The van der Waals surface area contributed by atoms with E-state index in [1.54, 1.807) is 6.20 Å². The van der Waals surface area contributed by atoms with E-state index in [0.29, 0.717) is 11.6 Å². The number of benzene rings is 1. The van der Waals surface area contributed by atoms with E-state index in [9.17, 15) is 4.79 Å². The standard InChI is InChI=1S/C19H18N4OS/c1-11-5-6-15(12(2)8-11)18-22-23-19(25-18)21-17(24)14-9-13-4-3-7-20-16(13)10-14/h3-8,14H,9-10H2,1-2H3,(H,21,23,24). The van der Waals surface area contributed by atoms with Crippen LogP contribution in [-0.4, -0.2) is 21.1 Å². The summed E-state index contributed by atoms with van der Waals surface area (Å²) in [7, 11) is 0. The number of amides is 1. The Hall–Kier alpha value is -2.60. The van der Waals surface area contributed by atoms with E-state index < -0.39 is 0 Å². The van der Waals surface area contributed by atoms with Crippen LogP contribution in [0, 0.1) is 19.8 Å². The van der Waals surface area contributed by atoms with E-state index in [4.69, 9.17) is 0 Å². The molecule has 4 rings (SSSR count). The number of aryl methyl sites for hydroxylation is 2. The van der Waals surface area contributed by atoms with Crippen LogP contribution in [0.1, 0.15) is 22.4 Å². The summed E-state index contributed by atoms with van der Waals surface area (Å²) in [5.41, 5.74) is 5.62. The van der Waals surface area contributed by atoms with Gasteiger partial charge in [-0.2, -0.15) is 0 Å². The minimum absolute atomic E-state index is 0.0127. The molecule has 5 nitrogen and oxygen atoms in total. The van der Waals surface area contributed by atoms with Crippen molar-refractivity contribution in [3.8, 4) is 10.6 Å². The summed E-state index contributed by atoms with van der Waals surface area (Å²) in [5, 5.41) is 12.7. The van der Waals surface area contributed by atoms with Crippen molar-refractivity contribution in [1.29, 1.82) is 0 Å². The first-order chi connectivity index (χ1) is 12.1. The number of nitrogens with zero attached hydrogens (tertiary/aromatic N) is 3. The number of aromatic nitrogens is 3. The van der Waals surface area contributed by atoms with Crippen molar-refractivity contribution in [3.05, 3.63) is 58.9 Å². The maximum absolute atomic E-state index is 12.5. The van der Waals surface area contributed by atoms with Crippen LogP contribution < -0.4 is 5.32 Å². The molecule has 25 heavy (non-hydrogen) atoms. The highest BCUT2D eigenvalue weighted by Gasteiger charge is 2.28. The number of hydrogen-bond acceptors (Lipinski definition) is 5. The van der Waals surface area contributed by atoms with Crippen molar-refractivity contribution in [2.45, 2.75) is 26.7 Å². The zero-order valence-corrected chi connectivity index (χ0v) is 14.9. The molecule has 3 aromatic rings. The number of rotatable bonds is 3. The Bertz CT molecular complexity index is 925. The first kappa shape index (κ1) is 15.9. The van der Waals surface area contributed by atoms with Gasteiger partial charge in [0.05, 0.1) is 0 Å². The normalized spacial score (nSPS) is 15.8. The summed E-state index contributed by atoms with van der Waals surface area (Å²) in [6.07, 6.45) is 3.20. The van der Waals surface area contributed by atoms with Crippen LogP contribution in [0.5, 0.6) is 0 Å². The molecule has 6 heteroatoms. The van der Waals surface area contributed by atoms with Gasteiger partial charge in [-0.3, -0.25) is 9.78 Å². The smallest absolute Gasteiger partial charge is 0.230 e. The Morgan fingerprint density at radius 1 is 1.20 bits per heavy atom. The highest BCUT2D eigenvalue weighted by molar-refractivity contribution is 7.18. The van der Waals surface area contributed by atoms with Crippen molar-refractivity contribution >= 4 is 22.4 Å². The fraction of sp³-hybridized carbons (Fsp3) is 0.263. The van der Waals surface area contributed by atoms with Crippen molar-refractivity contribution in [2.75, 3.05) is 5.32 Å². The maximum Gasteiger partial charge on any atom is 0.230 e. The van der Waals surface area contributed by atoms with Gasteiger partial charge in [-0.25, -0.2) is 0 Å². The third-order valence-electron chi connectivity index (χ3n) is 4.53. The van der Waals surface area contributed by atoms with Crippen LogP contribution in [0.15, 0.2) is 36.5 Å². The van der Waals surface area contributed by atoms with Crippen molar-refractivity contribution in [3.63, 3.8) is 0 Å². The summed E-state index contributed by atoms with van der Waals surface area (Å²) in [4.78, 5) is 16.9. The van der Waals surface area contributed by atoms with Gasteiger partial charge in [0.25, 0.3) is 0 Å². The summed E-state index contributed by atoms with van der Waals surface area (Å²) in [5.74, 6) is -0.0975. The Morgan fingerprint density at radius 3 is 2.88 bits per heavy atom. The van der Waals surface area contributed by atoms with Gasteiger partial charge >= 0.3 is 0 Å². The fourth-order valence-electron chi connectivity index (χ4n) is 3.24. The lowest BCUT2D eigenvalue weighted by molar-refractivity contribution is -0.119. The highest BCUT2D eigenvalue weighted by Crippen LogP contribution is 2.31. The Kier molecular flexibility index (Phi) is 4.05. The van der Waals surface area contributed by atoms with Crippen LogP contribution in [0.2, 0.25) is 0 Å². The molecule has 1 atom stereocenters. The molecule has 1 aliphatic carbocycles. The molecule has 0 spiro atoms. The predicted molar refractivity (Wildman–Crippen MR) is 98.6 cm³/mol. The van der Waals surface area contributed by atoms with E-state index in [1.165, 1.54) is 16.9 Å². The number of carbonyl (C=O) groups is 1. The van der Waals surface area contributed by atoms with E-state index in [1.807, 2.05) is 12.1 Å². The van der Waals surface area contributed by atoms with E-state index >= 15 is 0 Å². The van der Waals surface area contributed by atoms with Crippen LogP contribution in [0.25, 0.3) is 10.6 Å². The SMILES string of the molecule is Cc1ccc(-c2nnc(NC(=O)C3Cc4cccnc4C3)s2)c(C)c1. The first-order valence-corrected chi connectivity index (χ1v) is 9.06. The minimum Gasteiger partial charge on any atom is -0.300 e.